The topological polar surface area (TPSA) is 60.2 Å². The normalized spacial score (nSPS) is 9.93. The van der Waals surface area contributed by atoms with Crippen molar-refractivity contribution in [3.05, 3.63) is 39.4 Å². The van der Waals surface area contributed by atoms with Crippen LogP contribution in [0.4, 0.5) is 14.5 Å². The molecule has 0 aliphatic rings. The second-order valence-electron chi connectivity index (χ2n) is 2.60. The molecular weight excluding hydrogens is 196 g/mol. The molecule has 0 amide bonds. The van der Waals surface area contributed by atoms with Crippen molar-refractivity contribution in [2.24, 2.45) is 0 Å². The van der Waals surface area contributed by atoms with Crippen LogP contribution < -0.4 is 0 Å². The average Bonchev–Trinajstić information content (AvgIpc) is 2.01. The Morgan fingerprint density at radius 3 is 2.43 bits per heavy atom. The minimum atomic E-state index is -1.35. The molecule has 0 unspecified atom stereocenters. The van der Waals surface area contributed by atoms with Crippen molar-refractivity contribution in [3.63, 3.8) is 0 Å². The fourth-order valence-electron chi connectivity index (χ4n) is 1.02. The van der Waals surface area contributed by atoms with Crippen LogP contribution in [0.2, 0.25) is 0 Å². The van der Waals surface area contributed by atoms with Gasteiger partial charge in [0.1, 0.15) is 11.4 Å². The first-order valence-electron chi connectivity index (χ1n) is 3.58. The van der Waals surface area contributed by atoms with Crippen LogP contribution in [0.3, 0.4) is 0 Å². The van der Waals surface area contributed by atoms with Gasteiger partial charge in [-0.05, 0) is 13.0 Å². The third kappa shape index (κ3) is 1.73. The zero-order chi connectivity index (χ0) is 10.9. The molecule has 4 nitrogen and oxygen atoms in total. The number of hydrogen-bond donors (Lipinski definition) is 0. The second kappa shape index (κ2) is 3.49. The van der Waals surface area contributed by atoms with Crippen LogP contribution in [0.25, 0.3) is 0 Å². The molecule has 0 N–H and O–H groups in total. The summed E-state index contributed by atoms with van der Waals surface area (Å²) in [5, 5.41) is 10.3. The van der Waals surface area contributed by atoms with Gasteiger partial charge in [-0.3, -0.25) is 14.9 Å². The summed E-state index contributed by atoms with van der Waals surface area (Å²) in [6.45, 7) is 1.00. The Bertz CT molecular complexity index is 417. The van der Waals surface area contributed by atoms with Crippen LogP contribution in [0, 0.1) is 21.7 Å². The van der Waals surface area contributed by atoms with E-state index < -0.39 is 33.6 Å². The van der Waals surface area contributed by atoms with E-state index in [0.29, 0.717) is 12.1 Å². The first-order chi connectivity index (χ1) is 6.43. The molecule has 1 rings (SSSR count). The zero-order valence-corrected chi connectivity index (χ0v) is 7.08. The van der Waals surface area contributed by atoms with E-state index in [9.17, 15) is 23.7 Å². The van der Waals surface area contributed by atoms with Crippen molar-refractivity contribution >= 4 is 11.5 Å². The Morgan fingerprint density at radius 2 is 2.00 bits per heavy atom. The van der Waals surface area contributed by atoms with Crippen LogP contribution in [-0.4, -0.2) is 10.7 Å². The summed E-state index contributed by atoms with van der Waals surface area (Å²) in [4.78, 5) is 20.1. The van der Waals surface area contributed by atoms with Gasteiger partial charge in [-0.2, -0.15) is 4.39 Å². The molecule has 0 fully saturated rings. The molecule has 6 heteroatoms. The highest BCUT2D eigenvalue weighted by Gasteiger charge is 2.24. The maximum atomic E-state index is 12.9. The first-order valence-corrected chi connectivity index (χ1v) is 3.58. The number of nitrogens with zero attached hydrogens (tertiary/aromatic N) is 1. The van der Waals surface area contributed by atoms with Gasteiger partial charge >= 0.3 is 5.69 Å². The molecule has 0 spiro atoms. The van der Waals surface area contributed by atoms with Gasteiger partial charge in [-0.1, -0.05) is 0 Å². The lowest BCUT2D eigenvalue weighted by atomic mass is 10.1. The fourth-order valence-corrected chi connectivity index (χ4v) is 1.02. The average molecular weight is 201 g/mol. The number of rotatable bonds is 2. The third-order valence-electron chi connectivity index (χ3n) is 1.59. The van der Waals surface area contributed by atoms with Gasteiger partial charge in [-0.15, -0.1) is 0 Å². The number of nitro groups is 1. The minimum Gasteiger partial charge on any atom is -0.294 e. The van der Waals surface area contributed by atoms with E-state index in [1.165, 1.54) is 0 Å². The van der Waals surface area contributed by atoms with Crippen LogP contribution in [0.15, 0.2) is 12.1 Å². The molecule has 0 bridgehead atoms. The van der Waals surface area contributed by atoms with E-state index in [4.69, 9.17) is 0 Å². The SMILES string of the molecule is CC(=O)c1cc(F)cc(F)c1[N+](=O)[O-]. The van der Waals surface area contributed by atoms with Gasteiger partial charge in [0.15, 0.2) is 5.78 Å². The lowest BCUT2D eigenvalue weighted by Crippen LogP contribution is -2.03. The van der Waals surface area contributed by atoms with E-state index in [2.05, 4.69) is 0 Å². The number of carbonyl (C=O) groups excluding carboxylic acids is 1. The van der Waals surface area contributed by atoms with Gasteiger partial charge < -0.3 is 0 Å². The molecule has 14 heavy (non-hydrogen) atoms. The van der Waals surface area contributed by atoms with Crippen molar-refractivity contribution < 1.29 is 18.5 Å². The van der Waals surface area contributed by atoms with Crippen molar-refractivity contribution in [3.8, 4) is 0 Å². The Morgan fingerprint density at radius 1 is 1.43 bits per heavy atom. The van der Waals surface area contributed by atoms with E-state index in [1.54, 1.807) is 0 Å². The second-order valence-corrected chi connectivity index (χ2v) is 2.60. The lowest BCUT2D eigenvalue weighted by molar-refractivity contribution is -0.387. The number of hydrogen-bond acceptors (Lipinski definition) is 3. The lowest BCUT2D eigenvalue weighted by Gasteiger charge is -1.99. The Labute approximate surface area is 77.3 Å². The highest BCUT2D eigenvalue weighted by atomic mass is 19.1. The predicted octanol–water partition coefficient (Wildman–Crippen LogP) is 2.08. The van der Waals surface area contributed by atoms with E-state index in [0.717, 1.165) is 6.92 Å². The Kier molecular flexibility index (Phi) is 2.55. The number of nitro benzene ring substituents is 1. The molecule has 0 atom stereocenters. The Hall–Kier alpha value is -1.85. The summed E-state index contributed by atoms with van der Waals surface area (Å²) in [7, 11) is 0. The van der Waals surface area contributed by atoms with Crippen LogP contribution in [-0.2, 0) is 0 Å². The fraction of sp³-hybridized carbons (Fsp3) is 0.125. The van der Waals surface area contributed by atoms with Gasteiger partial charge in [0.25, 0.3) is 0 Å². The monoisotopic (exact) mass is 201 g/mol. The molecular formula is C8H5F2NO3. The predicted molar refractivity (Wildman–Crippen MR) is 43.0 cm³/mol. The van der Waals surface area contributed by atoms with Gasteiger partial charge in [0.2, 0.25) is 5.82 Å². The molecule has 74 valence electrons. The van der Waals surface area contributed by atoms with Crippen LogP contribution in [0.5, 0.6) is 0 Å². The maximum absolute atomic E-state index is 12.9. The van der Waals surface area contributed by atoms with E-state index in [-0.39, 0.29) is 0 Å². The summed E-state index contributed by atoms with van der Waals surface area (Å²) in [6.07, 6.45) is 0. The molecule has 1 aromatic rings. The number of benzene rings is 1. The van der Waals surface area contributed by atoms with Gasteiger partial charge in [-0.25, -0.2) is 4.39 Å². The Balaban J connectivity index is 3.52. The molecule has 0 saturated carbocycles. The molecule has 0 heterocycles. The molecule has 0 aliphatic carbocycles. The summed E-state index contributed by atoms with van der Waals surface area (Å²) in [5.41, 5.74) is -1.55. The number of Topliss-reactive ketones (excluding diaryl/α,β-unsaturated/α-hetero) is 1. The van der Waals surface area contributed by atoms with Crippen molar-refractivity contribution in [2.45, 2.75) is 6.92 Å². The van der Waals surface area contributed by atoms with Crippen LogP contribution >= 0.6 is 0 Å². The highest BCUT2D eigenvalue weighted by Crippen LogP contribution is 2.24. The minimum absolute atomic E-state index is 0.366. The molecule has 0 radical (unpaired) electrons. The van der Waals surface area contributed by atoms with E-state index in [1.807, 2.05) is 0 Å². The molecule has 0 aliphatic heterocycles. The largest absolute Gasteiger partial charge is 0.315 e. The third-order valence-corrected chi connectivity index (χ3v) is 1.59. The molecule has 0 aromatic heterocycles. The summed E-state index contributed by atoms with van der Waals surface area (Å²) in [6, 6.07) is 1.01. The number of carbonyl (C=O) groups is 1. The highest BCUT2D eigenvalue weighted by molar-refractivity contribution is 5.98. The van der Waals surface area contributed by atoms with Gasteiger partial charge in [0.05, 0.1) is 4.92 Å². The summed E-state index contributed by atoms with van der Waals surface area (Å²) < 4.78 is 25.5. The number of ketones is 1. The first kappa shape index (κ1) is 10.2. The van der Waals surface area contributed by atoms with Crippen molar-refractivity contribution in [2.75, 3.05) is 0 Å². The van der Waals surface area contributed by atoms with Crippen molar-refractivity contribution in [1.29, 1.82) is 0 Å². The molecule has 1 aromatic carbocycles. The molecule has 0 saturated heterocycles. The standard InChI is InChI=1S/C8H5F2NO3/c1-4(12)6-2-5(9)3-7(10)8(6)11(13)14/h2-3H,1H3. The van der Waals surface area contributed by atoms with Gasteiger partial charge in [0, 0.05) is 6.07 Å². The van der Waals surface area contributed by atoms with E-state index >= 15 is 0 Å². The smallest absolute Gasteiger partial charge is 0.294 e. The maximum Gasteiger partial charge on any atom is 0.315 e. The quantitative estimate of drug-likeness (QED) is 0.418. The number of halogens is 2. The van der Waals surface area contributed by atoms with Crippen molar-refractivity contribution in [1.82, 2.24) is 0 Å². The zero-order valence-electron chi connectivity index (χ0n) is 7.08. The summed E-state index contributed by atoms with van der Waals surface area (Å²) >= 11 is 0. The van der Waals surface area contributed by atoms with Crippen LogP contribution in [0.1, 0.15) is 17.3 Å². The summed E-state index contributed by atoms with van der Waals surface area (Å²) in [5.74, 6) is -3.12.